The van der Waals surface area contributed by atoms with Gasteiger partial charge in [-0.05, 0) is 56.0 Å². The van der Waals surface area contributed by atoms with E-state index in [1.807, 2.05) is 48.5 Å². The minimum atomic E-state index is -5.96. The van der Waals surface area contributed by atoms with Crippen molar-refractivity contribution >= 4 is 21.9 Å². The lowest BCUT2D eigenvalue weighted by Crippen LogP contribution is -2.46. The zero-order valence-electron chi connectivity index (χ0n) is 21.7. The number of carbonyl (C=O) groups is 2. The van der Waals surface area contributed by atoms with Crippen molar-refractivity contribution in [1.29, 1.82) is 0 Å². The predicted molar refractivity (Wildman–Crippen MR) is 139 cm³/mol. The van der Waals surface area contributed by atoms with Crippen LogP contribution in [0, 0.1) is 6.92 Å². The second-order valence-corrected chi connectivity index (χ2v) is 11.8. The van der Waals surface area contributed by atoms with E-state index >= 15 is 0 Å². The molecule has 0 aromatic heterocycles. The molecule has 4 rings (SSSR count). The summed E-state index contributed by atoms with van der Waals surface area (Å²) in [6.07, 6.45) is 0. The molecule has 0 bridgehead atoms. The fraction of sp³-hybridized carbons (Fsp3) is 0.286. The molecule has 1 heterocycles. The lowest BCUT2D eigenvalue weighted by molar-refractivity contribution is -0.127. The Morgan fingerprint density at radius 1 is 0.974 bits per heavy atom. The lowest BCUT2D eigenvalue weighted by Gasteiger charge is -2.29. The molecule has 3 aromatic carbocycles. The van der Waals surface area contributed by atoms with Crippen molar-refractivity contribution in [3.05, 3.63) is 89.0 Å². The normalized spacial score (nSPS) is 15.7. The van der Waals surface area contributed by atoms with Gasteiger partial charge < -0.3 is 14.4 Å². The fourth-order valence-electron chi connectivity index (χ4n) is 4.53. The second kappa shape index (κ2) is 10.0. The third-order valence-electron chi connectivity index (χ3n) is 6.20. The number of carbonyl (C=O) groups excluding carboxylic acids is 2. The van der Waals surface area contributed by atoms with E-state index < -0.39 is 44.8 Å². The molecule has 0 saturated carbocycles. The van der Waals surface area contributed by atoms with E-state index in [0.717, 1.165) is 22.8 Å². The Hall–Kier alpha value is -3.86. The largest absolute Gasteiger partial charge is 0.534 e. The van der Waals surface area contributed by atoms with Crippen LogP contribution < -0.4 is 9.50 Å². The van der Waals surface area contributed by atoms with Gasteiger partial charge in [0.2, 0.25) is 5.91 Å². The Balaban J connectivity index is 1.81. The first-order valence-electron chi connectivity index (χ1n) is 12.0. The van der Waals surface area contributed by atoms with Crippen LogP contribution in [0.1, 0.15) is 53.9 Å². The van der Waals surface area contributed by atoms with Gasteiger partial charge in [-0.2, -0.15) is 21.6 Å². The number of hydrogen-bond donors (Lipinski definition) is 1. The van der Waals surface area contributed by atoms with Gasteiger partial charge in [-0.25, -0.2) is 0 Å². The molecule has 1 aliphatic heterocycles. The number of fused-ring (bicyclic) bond motifs is 1. The molecule has 0 radical (unpaired) electrons. The standard InChI is InChI=1S/C28H27F3N2O5S/c1-17-22(38-39(36,37)28(29,30)31)15-14-21-23(17)26(35)33(24(21)25(34)32-27(2,3)4)16-19-12-8-9-13-20(19)18-10-6-5-7-11-18/h5-15,24H,16H2,1-4H3,(H,32,34). The summed E-state index contributed by atoms with van der Waals surface area (Å²) in [5.41, 5.74) is -3.75. The fourth-order valence-corrected chi connectivity index (χ4v) is 5.05. The minimum absolute atomic E-state index is 0.0112. The van der Waals surface area contributed by atoms with Crippen LogP contribution in [0.2, 0.25) is 0 Å². The number of halogens is 3. The molecule has 11 heteroatoms. The third kappa shape index (κ3) is 5.63. The number of alkyl halides is 3. The zero-order valence-corrected chi connectivity index (χ0v) is 22.5. The number of hydrogen-bond acceptors (Lipinski definition) is 5. The molecule has 39 heavy (non-hydrogen) atoms. The smallest absolute Gasteiger partial charge is 0.376 e. The van der Waals surface area contributed by atoms with E-state index in [9.17, 15) is 31.2 Å². The van der Waals surface area contributed by atoms with E-state index in [1.165, 1.54) is 17.9 Å². The van der Waals surface area contributed by atoms with Crippen molar-refractivity contribution < 1.29 is 35.4 Å². The summed E-state index contributed by atoms with van der Waals surface area (Å²) < 4.78 is 66.6. The summed E-state index contributed by atoms with van der Waals surface area (Å²) in [7, 11) is -5.96. The van der Waals surface area contributed by atoms with E-state index in [-0.39, 0.29) is 23.2 Å². The molecule has 1 aliphatic rings. The summed E-state index contributed by atoms with van der Waals surface area (Å²) in [5, 5.41) is 2.87. The summed E-state index contributed by atoms with van der Waals surface area (Å²) >= 11 is 0. The third-order valence-corrected chi connectivity index (χ3v) is 7.17. The van der Waals surface area contributed by atoms with Crippen molar-refractivity contribution in [2.24, 2.45) is 0 Å². The SMILES string of the molecule is Cc1c(OS(=O)(=O)C(F)(F)F)ccc2c1C(=O)N(Cc1ccccc1-c1ccccc1)C2C(=O)NC(C)(C)C. The second-order valence-electron chi connectivity index (χ2n) is 10.2. The molecule has 1 atom stereocenters. The molecule has 1 N–H and O–H groups in total. The molecule has 2 amide bonds. The predicted octanol–water partition coefficient (Wildman–Crippen LogP) is 5.50. The Morgan fingerprint density at radius 3 is 2.21 bits per heavy atom. The van der Waals surface area contributed by atoms with Crippen molar-refractivity contribution in [3.63, 3.8) is 0 Å². The molecule has 206 valence electrons. The monoisotopic (exact) mass is 560 g/mol. The van der Waals surface area contributed by atoms with Crippen molar-refractivity contribution in [1.82, 2.24) is 10.2 Å². The van der Waals surface area contributed by atoms with Crippen LogP contribution in [0.3, 0.4) is 0 Å². The topological polar surface area (TPSA) is 92.8 Å². The first-order chi connectivity index (χ1) is 18.1. The average molecular weight is 561 g/mol. The highest BCUT2D eigenvalue weighted by molar-refractivity contribution is 7.88. The van der Waals surface area contributed by atoms with Crippen LogP contribution in [0.5, 0.6) is 5.75 Å². The Bertz CT molecular complexity index is 1530. The van der Waals surface area contributed by atoms with Crippen molar-refractivity contribution in [2.45, 2.75) is 51.3 Å². The van der Waals surface area contributed by atoms with Gasteiger partial charge >= 0.3 is 15.6 Å². The molecule has 3 aromatic rings. The molecule has 7 nitrogen and oxygen atoms in total. The minimum Gasteiger partial charge on any atom is -0.376 e. The van der Waals surface area contributed by atoms with Gasteiger partial charge in [0, 0.05) is 17.6 Å². The highest BCUT2D eigenvalue weighted by atomic mass is 32.2. The number of benzene rings is 3. The van der Waals surface area contributed by atoms with Crippen LogP contribution in [-0.2, 0) is 21.5 Å². The van der Waals surface area contributed by atoms with Gasteiger partial charge in [-0.3, -0.25) is 9.59 Å². The highest BCUT2D eigenvalue weighted by Gasteiger charge is 2.49. The Morgan fingerprint density at radius 2 is 1.59 bits per heavy atom. The maximum atomic E-state index is 13.8. The van der Waals surface area contributed by atoms with Crippen LogP contribution in [-0.4, -0.2) is 36.2 Å². The summed E-state index contributed by atoms with van der Waals surface area (Å²) in [6.45, 7) is 6.64. The maximum Gasteiger partial charge on any atom is 0.534 e. The Labute approximate surface area is 224 Å². The van der Waals surface area contributed by atoms with Gasteiger partial charge in [0.15, 0.2) is 0 Å². The van der Waals surface area contributed by atoms with Gasteiger partial charge in [-0.15, -0.1) is 0 Å². The summed E-state index contributed by atoms with van der Waals surface area (Å²) in [6, 6.07) is 18.0. The maximum absolute atomic E-state index is 13.8. The quantitative estimate of drug-likeness (QED) is 0.317. The van der Waals surface area contributed by atoms with Crippen molar-refractivity contribution in [2.75, 3.05) is 0 Å². The van der Waals surface area contributed by atoms with E-state index in [1.54, 1.807) is 26.8 Å². The van der Waals surface area contributed by atoms with Crippen LogP contribution in [0.15, 0.2) is 66.7 Å². The van der Waals surface area contributed by atoms with Crippen LogP contribution in [0.25, 0.3) is 11.1 Å². The van der Waals surface area contributed by atoms with Gasteiger partial charge in [0.05, 0.1) is 5.56 Å². The lowest BCUT2D eigenvalue weighted by atomic mass is 9.97. The van der Waals surface area contributed by atoms with E-state index in [2.05, 4.69) is 9.50 Å². The highest BCUT2D eigenvalue weighted by Crippen LogP contribution is 2.42. The molecule has 0 aliphatic carbocycles. The number of amides is 2. The van der Waals surface area contributed by atoms with Crippen LogP contribution >= 0.6 is 0 Å². The zero-order chi connectivity index (χ0) is 28.8. The molecule has 0 fully saturated rings. The van der Waals surface area contributed by atoms with E-state index in [0.29, 0.717) is 0 Å². The molecule has 0 spiro atoms. The average Bonchev–Trinajstić information content (AvgIpc) is 3.12. The van der Waals surface area contributed by atoms with Gasteiger partial charge in [0.25, 0.3) is 5.91 Å². The van der Waals surface area contributed by atoms with Gasteiger partial charge in [-0.1, -0.05) is 60.7 Å². The number of nitrogens with zero attached hydrogens (tertiary/aromatic N) is 1. The number of rotatable bonds is 6. The molecular weight excluding hydrogens is 533 g/mol. The van der Waals surface area contributed by atoms with Crippen LogP contribution in [0.4, 0.5) is 13.2 Å². The first kappa shape index (κ1) is 28.2. The summed E-state index contributed by atoms with van der Waals surface area (Å²) in [4.78, 5) is 28.6. The number of nitrogens with one attached hydrogen (secondary N) is 1. The van der Waals surface area contributed by atoms with Crippen molar-refractivity contribution in [3.8, 4) is 16.9 Å². The molecule has 0 saturated heterocycles. The summed E-state index contributed by atoms with van der Waals surface area (Å²) in [5.74, 6) is -1.75. The molecule has 1 unspecified atom stereocenters. The molecular formula is C28H27F3N2O5S. The Kier molecular flexibility index (Phi) is 7.24. The first-order valence-corrected chi connectivity index (χ1v) is 13.4. The van der Waals surface area contributed by atoms with Gasteiger partial charge in [0.1, 0.15) is 11.8 Å². The van der Waals surface area contributed by atoms with E-state index in [4.69, 9.17) is 0 Å².